The highest BCUT2D eigenvalue weighted by atomic mass is 19.1. The molecule has 0 saturated heterocycles. The van der Waals surface area contributed by atoms with E-state index in [9.17, 15) is 8.78 Å². The van der Waals surface area contributed by atoms with Crippen molar-refractivity contribution < 1.29 is 8.78 Å². The number of para-hydroxylation sites is 1. The molecule has 0 atom stereocenters. The van der Waals surface area contributed by atoms with Gasteiger partial charge in [-0.1, -0.05) is 18.2 Å². The Morgan fingerprint density at radius 3 is 2.62 bits per heavy atom. The number of rotatable bonds is 5. The number of aromatic nitrogens is 3. The lowest BCUT2D eigenvalue weighted by molar-refractivity contribution is 0.581. The summed E-state index contributed by atoms with van der Waals surface area (Å²) in [6.07, 6.45) is 1.63. The van der Waals surface area contributed by atoms with Gasteiger partial charge in [-0.05, 0) is 30.3 Å². The van der Waals surface area contributed by atoms with Crippen LogP contribution in [0.15, 0.2) is 59.9 Å². The Labute approximate surface area is 149 Å². The number of hydrogen-bond acceptors (Lipinski definition) is 3. The molecule has 1 aromatic heterocycles. The first-order chi connectivity index (χ1) is 12.7. The molecule has 0 radical (unpaired) electrons. The van der Waals surface area contributed by atoms with E-state index in [1.165, 1.54) is 0 Å². The summed E-state index contributed by atoms with van der Waals surface area (Å²) in [7, 11) is 1.60. The second-order valence-electron chi connectivity index (χ2n) is 5.47. The lowest BCUT2D eigenvalue weighted by atomic mass is 10.2. The maximum absolute atomic E-state index is 13.7. The van der Waals surface area contributed by atoms with E-state index in [2.05, 4.69) is 25.8 Å². The van der Waals surface area contributed by atoms with E-state index in [4.69, 9.17) is 0 Å². The molecule has 2 N–H and O–H groups in total. The van der Waals surface area contributed by atoms with Gasteiger partial charge in [0.2, 0.25) is 0 Å². The van der Waals surface area contributed by atoms with Crippen molar-refractivity contribution in [1.82, 2.24) is 25.4 Å². The van der Waals surface area contributed by atoms with Gasteiger partial charge in [0.25, 0.3) is 0 Å². The predicted octanol–water partition coefficient (Wildman–Crippen LogP) is 2.41. The monoisotopic (exact) mass is 356 g/mol. The van der Waals surface area contributed by atoms with E-state index in [0.29, 0.717) is 18.3 Å². The van der Waals surface area contributed by atoms with Crippen molar-refractivity contribution in [2.45, 2.75) is 13.1 Å². The topological polar surface area (TPSA) is 67.1 Å². The van der Waals surface area contributed by atoms with Gasteiger partial charge in [0, 0.05) is 24.8 Å². The molecule has 0 amide bonds. The number of benzene rings is 2. The van der Waals surface area contributed by atoms with Crippen LogP contribution in [0.2, 0.25) is 0 Å². The maximum atomic E-state index is 13.7. The average Bonchev–Trinajstić information content (AvgIpc) is 3.14. The Balaban J connectivity index is 1.62. The fourth-order valence-electron chi connectivity index (χ4n) is 2.42. The summed E-state index contributed by atoms with van der Waals surface area (Å²) < 4.78 is 28.8. The quantitative estimate of drug-likeness (QED) is 0.544. The number of halogens is 2. The predicted molar refractivity (Wildman–Crippen MR) is 94.8 cm³/mol. The number of guanidine groups is 1. The van der Waals surface area contributed by atoms with Gasteiger partial charge in [0.1, 0.15) is 18.0 Å². The first-order valence-electron chi connectivity index (χ1n) is 8.00. The summed E-state index contributed by atoms with van der Waals surface area (Å²) >= 11 is 0. The van der Waals surface area contributed by atoms with Crippen LogP contribution < -0.4 is 10.6 Å². The zero-order valence-corrected chi connectivity index (χ0v) is 14.2. The SMILES string of the molecule is CN=C(NCc1cc(F)ccc1F)NCc1nncn1-c1ccccc1. The first kappa shape index (κ1) is 17.5. The molecule has 3 aromatic rings. The Morgan fingerprint density at radius 1 is 1.08 bits per heavy atom. The van der Waals surface area contributed by atoms with Crippen molar-refractivity contribution in [2.24, 2.45) is 4.99 Å². The molecular weight excluding hydrogens is 338 g/mol. The smallest absolute Gasteiger partial charge is 0.191 e. The highest BCUT2D eigenvalue weighted by Gasteiger charge is 2.08. The van der Waals surface area contributed by atoms with Crippen LogP contribution in [0, 0.1) is 11.6 Å². The molecule has 0 saturated carbocycles. The van der Waals surface area contributed by atoms with E-state index >= 15 is 0 Å². The number of nitrogens with zero attached hydrogens (tertiary/aromatic N) is 4. The van der Waals surface area contributed by atoms with Crippen molar-refractivity contribution in [1.29, 1.82) is 0 Å². The Morgan fingerprint density at radius 2 is 1.85 bits per heavy atom. The largest absolute Gasteiger partial charge is 0.352 e. The molecule has 1 heterocycles. The molecule has 0 fully saturated rings. The summed E-state index contributed by atoms with van der Waals surface area (Å²) in [5.41, 5.74) is 1.17. The summed E-state index contributed by atoms with van der Waals surface area (Å²) in [4.78, 5) is 4.08. The van der Waals surface area contributed by atoms with Gasteiger partial charge in [-0.2, -0.15) is 0 Å². The van der Waals surface area contributed by atoms with Crippen molar-refractivity contribution in [2.75, 3.05) is 7.05 Å². The third kappa shape index (κ3) is 4.21. The second-order valence-corrected chi connectivity index (χ2v) is 5.47. The molecule has 0 aliphatic rings. The van der Waals surface area contributed by atoms with Crippen LogP contribution in [0.4, 0.5) is 8.78 Å². The molecule has 3 rings (SSSR count). The van der Waals surface area contributed by atoms with Crippen molar-refractivity contribution in [3.8, 4) is 5.69 Å². The fraction of sp³-hybridized carbons (Fsp3) is 0.167. The Hall–Kier alpha value is -3.29. The fourth-order valence-corrected chi connectivity index (χ4v) is 2.42. The van der Waals surface area contributed by atoms with Gasteiger partial charge in [-0.15, -0.1) is 10.2 Å². The molecule has 0 unspecified atom stereocenters. The van der Waals surface area contributed by atoms with Crippen molar-refractivity contribution >= 4 is 5.96 Å². The summed E-state index contributed by atoms with van der Waals surface area (Å²) in [5, 5.41) is 14.1. The molecular formula is C18H18F2N6. The number of aliphatic imine (C=N–C) groups is 1. The lowest BCUT2D eigenvalue weighted by Gasteiger charge is -2.13. The highest BCUT2D eigenvalue weighted by Crippen LogP contribution is 2.10. The molecule has 8 heteroatoms. The van der Waals surface area contributed by atoms with E-state index in [1.54, 1.807) is 13.4 Å². The van der Waals surface area contributed by atoms with Gasteiger partial charge >= 0.3 is 0 Å². The van der Waals surface area contributed by atoms with Gasteiger partial charge in [0.15, 0.2) is 11.8 Å². The molecule has 134 valence electrons. The third-order valence-corrected chi connectivity index (χ3v) is 3.74. The standard InChI is InChI=1S/C18H18F2N6/c1-21-18(22-10-13-9-14(19)7-8-16(13)20)23-11-17-25-24-12-26(17)15-5-3-2-4-6-15/h2-9,12H,10-11H2,1H3,(H2,21,22,23). The van der Waals surface area contributed by atoms with Crippen LogP contribution in [-0.4, -0.2) is 27.8 Å². The Bertz CT molecular complexity index is 892. The minimum Gasteiger partial charge on any atom is -0.352 e. The van der Waals surface area contributed by atoms with Crippen LogP contribution in [-0.2, 0) is 13.1 Å². The molecule has 6 nitrogen and oxygen atoms in total. The minimum absolute atomic E-state index is 0.106. The molecule has 0 aliphatic heterocycles. The normalized spacial score (nSPS) is 11.4. The maximum Gasteiger partial charge on any atom is 0.191 e. The molecule has 0 spiro atoms. The summed E-state index contributed by atoms with van der Waals surface area (Å²) in [6.45, 7) is 0.467. The van der Waals surface area contributed by atoms with Crippen LogP contribution in [0.3, 0.4) is 0 Å². The first-order valence-corrected chi connectivity index (χ1v) is 8.00. The van der Waals surface area contributed by atoms with Crippen LogP contribution in [0.5, 0.6) is 0 Å². The molecule has 0 aliphatic carbocycles. The molecule has 26 heavy (non-hydrogen) atoms. The van der Waals surface area contributed by atoms with Crippen LogP contribution in [0.1, 0.15) is 11.4 Å². The third-order valence-electron chi connectivity index (χ3n) is 3.74. The van der Waals surface area contributed by atoms with E-state index in [1.807, 2.05) is 34.9 Å². The zero-order chi connectivity index (χ0) is 18.4. The minimum atomic E-state index is -0.484. The van der Waals surface area contributed by atoms with E-state index in [-0.39, 0.29) is 12.1 Å². The zero-order valence-electron chi connectivity index (χ0n) is 14.2. The van der Waals surface area contributed by atoms with Crippen molar-refractivity contribution in [3.63, 3.8) is 0 Å². The van der Waals surface area contributed by atoms with Gasteiger partial charge in [-0.25, -0.2) is 8.78 Å². The van der Waals surface area contributed by atoms with Crippen molar-refractivity contribution in [3.05, 3.63) is 77.9 Å². The number of nitrogens with one attached hydrogen (secondary N) is 2. The van der Waals surface area contributed by atoms with Gasteiger partial charge < -0.3 is 10.6 Å². The lowest BCUT2D eigenvalue weighted by Crippen LogP contribution is -2.37. The summed E-state index contributed by atoms with van der Waals surface area (Å²) in [6, 6.07) is 13.0. The second kappa shape index (κ2) is 8.19. The average molecular weight is 356 g/mol. The highest BCUT2D eigenvalue weighted by molar-refractivity contribution is 5.79. The van der Waals surface area contributed by atoms with Gasteiger partial charge in [0.05, 0.1) is 6.54 Å². The van der Waals surface area contributed by atoms with Crippen LogP contribution >= 0.6 is 0 Å². The van der Waals surface area contributed by atoms with Gasteiger partial charge in [-0.3, -0.25) is 9.56 Å². The Kier molecular flexibility index (Phi) is 5.52. The van der Waals surface area contributed by atoms with E-state index < -0.39 is 11.6 Å². The van der Waals surface area contributed by atoms with E-state index in [0.717, 1.165) is 23.9 Å². The molecule has 0 bridgehead atoms. The summed E-state index contributed by atoms with van der Waals surface area (Å²) in [5.74, 6) is 0.174. The molecule has 2 aromatic carbocycles. The number of hydrogen-bond donors (Lipinski definition) is 2. The van der Waals surface area contributed by atoms with Crippen LogP contribution in [0.25, 0.3) is 5.69 Å².